The van der Waals surface area contributed by atoms with Gasteiger partial charge in [-0.25, -0.2) is 0 Å². The van der Waals surface area contributed by atoms with Crippen molar-refractivity contribution in [3.05, 3.63) is 106 Å². The second-order valence-corrected chi connectivity index (χ2v) is 9.88. The number of hydrogen-bond donors (Lipinski definition) is 0. The highest BCUT2D eigenvalue weighted by molar-refractivity contribution is 7.16. The van der Waals surface area contributed by atoms with Crippen molar-refractivity contribution in [2.45, 2.75) is 20.3 Å². The first-order chi connectivity index (χ1) is 14.2. The Bertz CT molecular complexity index is 1120. The van der Waals surface area contributed by atoms with Gasteiger partial charge >= 0.3 is 0 Å². The first kappa shape index (κ1) is 18.4. The Kier molecular flexibility index (Phi) is 4.83. The van der Waals surface area contributed by atoms with Crippen LogP contribution in [-0.2, 0) is 0 Å². The van der Waals surface area contributed by atoms with Crippen molar-refractivity contribution in [1.82, 2.24) is 0 Å². The largest absolute Gasteiger partial charge is 0.140 e. The maximum atomic E-state index is 2.39. The van der Waals surface area contributed by atoms with Crippen LogP contribution in [0.2, 0.25) is 0 Å². The van der Waals surface area contributed by atoms with Crippen LogP contribution in [0.3, 0.4) is 0 Å². The minimum Gasteiger partial charge on any atom is -0.140 e. The average molecular weight is 411 g/mol. The molecule has 1 aliphatic carbocycles. The molecule has 0 saturated heterocycles. The minimum atomic E-state index is 1.01. The van der Waals surface area contributed by atoms with Crippen LogP contribution < -0.4 is 0 Å². The summed E-state index contributed by atoms with van der Waals surface area (Å²) in [7, 11) is 0. The lowest BCUT2D eigenvalue weighted by molar-refractivity contribution is 1.45. The van der Waals surface area contributed by atoms with Crippen molar-refractivity contribution in [1.29, 1.82) is 0 Å². The summed E-state index contributed by atoms with van der Waals surface area (Å²) in [6.07, 6.45) is 5.79. The molecule has 0 spiro atoms. The number of hydrogen-bond acceptors (Lipinski definition) is 2. The molecule has 2 heteroatoms. The van der Waals surface area contributed by atoms with E-state index in [0.29, 0.717) is 0 Å². The Hall–Kier alpha value is -2.68. The summed E-state index contributed by atoms with van der Waals surface area (Å²) in [5.41, 5.74) is 8.14. The van der Waals surface area contributed by atoms with Gasteiger partial charge < -0.3 is 0 Å². The van der Waals surface area contributed by atoms with Crippen LogP contribution in [0.1, 0.15) is 27.3 Å². The van der Waals surface area contributed by atoms with Crippen LogP contribution in [0.4, 0.5) is 0 Å². The lowest BCUT2D eigenvalue weighted by Gasteiger charge is -2.09. The molecule has 0 atom stereocenters. The van der Waals surface area contributed by atoms with E-state index in [2.05, 4.69) is 98.8 Å². The molecule has 0 aliphatic heterocycles. The molecule has 2 heterocycles. The maximum Gasteiger partial charge on any atom is 0.0351 e. The van der Waals surface area contributed by atoms with Crippen molar-refractivity contribution < 1.29 is 0 Å². The molecule has 2 aromatic heterocycles. The Balaban J connectivity index is 1.52. The summed E-state index contributed by atoms with van der Waals surface area (Å²) in [5, 5.41) is 0. The molecule has 0 saturated carbocycles. The molecule has 0 fully saturated rings. The monoisotopic (exact) mass is 410 g/mol. The highest BCUT2D eigenvalue weighted by atomic mass is 32.1. The molecule has 5 rings (SSSR count). The van der Waals surface area contributed by atoms with E-state index in [9.17, 15) is 0 Å². The van der Waals surface area contributed by atoms with Crippen molar-refractivity contribution in [3.8, 4) is 20.9 Å². The van der Waals surface area contributed by atoms with E-state index in [1.165, 1.54) is 52.9 Å². The van der Waals surface area contributed by atoms with Crippen molar-refractivity contribution >= 4 is 33.8 Å². The van der Waals surface area contributed by atoms with Gasteiger partial charge in [-0.3, -0.25) is 0 Å². The summed E-state index contributed by atoms with van der Waals surface area (Å²) < 4.78 is 0. The summed E-state index contributed by atoms with van der Waals surface area (Å²) in [5.74, 6) is 0. The van der Waals surface area contributed by atoms with Gasteiger partial charge in [-0.05, 0) is 65.8 Å². The van der Waals surface area contributed by atoms with Crippen LogP contribution in [-0.4, -0.2) is 0 Å². The second kappa shape index (κ2) is 7.62. The van der Waals surface area contributed by atoms with Gasteiger partial charge in [0.2, 0.25) is 0 Å². The number of benzene rings is 2. The van der Waals surface area contributed by atoms with E-state index in [-0.39, 0.29) is 0 Å². The Morgan fingerprint density at radius 3 is 1.41 bits per heavy atom. The first-order valence-electron chi connectivity index (χ1n) is 9.94. The lowest BCUT2D eigenvalue weighted by atomic mass is 9.95. The van der Waals surface area contributed by atoms with Gasteiger partial charge in [-0.15, -0.1) is 22.7 Å². The third-order valence-electron chi connectivity index (χ3n) is 5.47. The molecule has 0 radical (unpaired) electrons. The van der Waals surface area contributed by atoms with Crippen LogP contribution in [0, 0.1) is 13.8 Å². The van der Waals surface area contributed by atoms with Crippen LogP contribution in [0.25, 0.3) is 32.0 Å². The van der Waals surface area contributed by atoms with Crippen molar-refractivity contribution in [2.24, 2.45) is 0 Å². The van der Waals surface area contributed by atoms with Gasteiger partial charge in [0.15, 0.2) is 0 Å². The molecular weight excluding hydrogens is 388 g/mol. The molecule has 0 unspecified atom stereocenters. The molecular formula is C27H22S2. The third kappa shape index (κ3) is 3.43. The lowest BCUT2D eigenvalue weighted by Crippen LogP contribution is -1.88. The summed E-state index contributed by atoms with van der Waals surface area (Å²) in [6, 6.07) is 26.2. The predicted octanol–water partition coefficient (Wildman–Crippen LogP) is 8.63. The molecule has 2 aromatic carbocycles. The van der Waals surface area contributed by atoms with Crippen molar-refractivity contribution in [2.75, 3.05) is 0 Å². The zero-order chi connectivity index (χ0) is 19.8. The van der Waals surface area contributed by atoms with Gasteiger partial charge in [-0.1, -0.05) is 72.8 Å². The predicted molar refractivity (Wildman–Crippen MR) is 130 cm³/mol. The van der Waals surface area contributed by atoms with E-state index < -0.39 is 0 Å². The zero-order valence-electron chi connectivity index (χ0n) is 16.6. The summed E-state index contributed by atoms with van der Waals surface area (Å²) in [4.78, 5) is 5.47. The van der Waals surface area contributed by atoms with Crippen LogP contribution >= 0.6 is 22.7 Å². The summed E-state index contributed by atoms with van der Waals surface area (Å²) in [6.45, 7) is 4.50. The highest BCUT2D eigenvalue weighted by Crippen LogP contribution is 2.45. The highest BCUT2D eigenvalue weighted by Gasteiger charge is 2.21. The first-order valence-corrected chi connectivity index (χ1v) is 11.6. The Morgan fingerprint density at radius 1 is 0.586 bits per heavy atom. The maximum absolute atomic E-state index is 2.39. The van der Waals surface area contributed by atoms with Crippen LogP contribution in [0.5, 0.6) is 0 Å². The Morgan fingerprint density at radius 2 is 1.00 bits per heavy atom. The number of aryl methyl sites for hydroxylation is 2. The standard InChI is InChI=1S/C27H22S2/c1-18-24(16-26(28-18)20-10-5-3-6-11-20)22-14-9-15-23(22)25-17-27(29-19(25)2)21-12-7-4-8-13-21/h3-8,10-17H,9H2,1-2H3. The van der Waals surface area contributed by atoms with Gasteiger partial charge in [0.25, 0.3) is 0 Å². The smallest absolute Gasteiger partial charge is 0.0351 e. The van der Waals surface area contributed by atoms with Gasteiger partial charge in [0.1, 0.15) is 0 Å². The Labute approximate surface area is 180 Å². The number of thiophene rings is 2. The molecule has 0 amide bonds. The summed E-state index contributed by atoms with van der Waals surface area (Å²) >= 11 is 3.78. The third-order valence-corrected chi connectivity index (χ3v) is 7.67. The van der Waals surface area contributed by atoms with Crippen molar-refractivity contribution in [3.63, 3.8) is 0 Å². The van der Waals surface area contributed by atoms with Gasteiger partial charge in [0, 0.05) is 19.5 Å². The molecule has 1 aliphatic rings. The molecule has 142 valence electrons. The minimum absolute atomic E-state index is 1.01. The van der Waals surface area contributed by atoms with E-state index in [1.807, 2.05) is 22.7 Å². The fourth-order valence-corrected chi connectivity index (χ4v) is 6.09. The van der Waals surface area contributed by atoms with Crippen LogP contribution in [0.15, 0.2) is 84.9 Å². The second-order valence-electron chi connectivity index (χ2n) is 7.36. The number of allylic oxidation sites excluding steroid dienone is 4. The van der Waals surface area contributed by atoms with Gasteiger partial charge in [-0.2, -0.15) is 0 Å². The normalized spacial score (nSPS) is 13.4. The van der Waals surface area contributed by atoms with E-state index in [1.54, 1.807) is 0 Å². The SMILES string of the molecule is Cc1sc(-c2ccccc2)cc1C1=CCC=C1c1cc(-c2ccccc2)sc1C. The van der Waals surface area contributed by atoms with Gasteiger partial charge in [0.05, 0.1) is 0 Å². The fourth-order valence-electron chi connectivity index (χ4n) is 4.01. The fraction of sp³-hybridized carbons (Fsp3) is 0.111. The quantitative estimate of drug-likeness (QED) is 0.316. The van der Waals surface area contributed by atoms with E-state index >= 15 is 0 Å². The topological polar surface area (TPSA) is 0 Å². The number of rotatable bonds is 4. The molecule has 0 bridgehead atoms. The molecule has 29 heavy (non-hydrogen) atoms. The zero-order valence-corrected chi connectivity index (χ0v) is 18.2. The molecule has 4 aromatic rings. The average Bonchev–Trinajstić information content (AvgIpc) is 3.47. The molecule has 0 nitrogen and oxygen atoms in total. The van der Waals surface area contributed by atoms with E-state index in [4.69, 9.17) is 0 Å². The van der Waals surface area contributed by atoms with E-state index in [0.717, 1.165) is 6.42 Å². The molecule has 0 N–H and O–H groups in total.